The Hall–Kier alpha value is -3.48. The van der Waals surface area contributed by atoms with Crippen LogP contribution in [0.4, 0.5) is 5.82 Å². The van der Waals surface area contributed by atoms with Crippen molar-refractivity contribution < 1.29 is 18.8 Å². The molecule has 1 N–H and O–H groups in total. The topological polar surface area (TPSA) is 94.3 Å². The Balaban J connectivity index is 1.53. The average Bonchev–Trinajstić information content (AvgIpc) is 3.11. The normalized spacial score (nSPS) is 10.8. The number of benzene rings is 1. The highest BCUT2D eigenvalue weighted by Gasteiger charge is 2.07. The maximum atomic E-state index is 11.6. The smallest absolute Gasteiger partial charge is 0.331 e. The zero-order chi connectivity index (χ0) is 16.8. The van der Waals surface area contributed by atoms with E-state index in [4.69, 9.17) is 4.74 Å². The third kappa shape index (κ3) is 4.04. The van der Waals surface area contributed by atoms with Crippen molar-refractivity contribution in [2.45, 2.75) is 0 Å². The van der Waals surface area contributed by atoms with E-state index in [1.807, 2.05) is 30.3 Å². The second kappa shape index (κ2) is 7.19. The van der Waals surface area contributed by atoms with Crippen molar-refractivity contribution in [1.29, 1.82) is 0 Å². The van der Waals surface area contributed by atoms with E-state index in [1.165, 1.54) is 24.5 Å². The molecule has 3 aromatic rings. The summed E-state index contributed by atoms with van der Waals surface area (Å²) < 4.78 is 9.41. The monoisotopic (exact) mass is 323 g/mol. The highest BCUT2D eigenvalue weighted by atomic mass is 16.5. The maximum Gasteiger partial charge on any atom is 0.331 e. The minimum atomic E-state index is -0.639. The Morgan fingerprint density at radius 1 is 1.17 bits per heavy atom. The third-order valence-electron chi connectivity index (χ3n) is 3.06. The summed E-state index contributed by atoms with van der Waals surface area (Å²) in [6, 6.07) is 12.9. The van der Waals surface area contributed by atoms with Crippen molar-refractivity contribution in [3.8, 4) is 0 Å². The van der Waals surface area contributed by atoms with Gasteiger partial charge in [0.05, 0.1) is 11.2 Å². The number of rotatable bonds is 5. The molecule has 0 aliphatic heterocycles. The second-order valence-corrected chi connectivity index (χ2v) is 4.80. The number of nitrogens with one attached hydrogen (secondary N) is 1. The van der Waals surface area contributed by atoms with Crippen molar-refractivity contribution in [3.63, 3.8) is 0 Å². The molecule has 2 heterocycles. The van der Waals surface area contributed by atoms with E-state index in [0.29, 0.717) is 5.69 Å². The summed E-state index contributed by atoms with van der Waals surface area (Å²) in [6.45, 7) is -0.415. The fourth-order valence-electron chi connectivity index (χ4n) is 1.97. The molecular formula is C17H13N3O4. The van der Waals surface area contributed by atoms with Crippen molar-refractivity contribution in [3.05, 3.63) is 60.5 Å². The summed E-state index contributed by atoms with van der Waals surface area (Å²) in [5, 5.41) is 6.94. The molecule has 7 nitrogen and oxygen atoms in total. The Labute approximate surface area is 136 Å². The van der Waals surface area contributed by atoms with Gasteiger partial charge in [-0.15, -0.1) is 0 Å². The van der Waals surface area contributed by atoms with Gasteiger partial charge in [0.2, 0.25) is 0 Å². The molecule has 0 bridgehead atoms. The van der Waals surface area contributed by atoms with Crippen LogP contribution >= 0.6 is 0 Å². The van der Waals surface area contributed by atoms with Crippen LogP contribution in [0.15, 0.2) is 59.3 Å². The molecule has 2 aromatic heterocycles. The number of ether oxygens (including phenoxy) is 1. The summed E-state index contributed by atoms with van der Waals surface area (Å²) in [4.78, 5) is 27.6. The van der Waals surface area contributed by atoms with Crippen LogP contribution in [0.5, 0.6) is 0 Å². The molecule has 7 heteroatoms. The summed E-state index contributed by atoms with van der Waals surface area (Å²) >= 11 is 0. The number of pyridine rings is 1. The van der Waals surface area contributed by atoms with E-state index in [0.717, 1.165) is 10.9 Å². The van der Waals surface area contributed by atoms with Crippen LogP contribution in [0.25, 0.3) is 17.0 Å². The predicted molar refractivity (Wildman–Crippen MR) is 86.9 cm³/mol. The number of esters is 1. The fraction of sp³-hybridized carbons (Fsp3) is 0.0588. The zero-order valence-electron chi connectivity index (χ0n) is 12.5. The van der Waals surface area contributed by atoms with Gasteiger partial charge in [0.25, 0.3) is 5.91 Å². The number of fused-ring (bicyclic) bond motifs is 1. The number of para-hydroxylation sites is 1. The van der Waals surface area contributed by atoms with Crippen LogP contribution in [-0.4, -0.2) is 28.6 Å². The van der Waals surface area contributed by atoms with E-state index < -0.39 is 18.5 Å². The van der Waals surface area contributed by atoms with Crippen LogP contribution in [-0.2, 0) is 14.3 Å². The highest BCUT2D eigenvalue weighted by Crippen LogP contribution is 2.12. The first-order chi connectivity index (χ1) is 11.7. The van der Waals surface area contributed by atoms with Crippen molar-refractivity contribution in [1.82, 2.24) is 10.1 Å². The first kappa shape index (κ1) is 15.4. The summed E-state index contributed by atoms with van der Waals surface area (Å²) in [7, 11) is 0. The number of nitrogens with zero attached hydrogens (tertiary/aromatic N) is 2. The SMILES string of the molecule is O=C(COC(=O)/C=C/c1ccc2ccccc2n1)Nc1ccon1. The number of anilines is 1. The number of hydrogen-bond donors (Lipinski definition) is 1. The van der Waals surface area contributed by atoms with Gasteiger partial charge in [0.15, 0.2) is 12.4 Å². The van der Waals surface area contributed by atoms with Gasteiger partial charge in [0, 0.05) is 17.5 Å². The van der Waals surface area contributed by atoms with Gasteiger partial charge in [-0.2, -0.15) is 0 Å². The highest BCUT2D eigenvalue weighted by molar-refractivity contribution is 5.94. The lowest BCUT2D eigenvalue weighted by Crippen LogP contribution is -2.20. The molecule has 1 aromatic carbocycles. The molecule has 0 aliphatic carbocycles. The van der Waals surface area contributed by atoms with Crippen molar-refractivity contribution in [2.75, 3.05) is 11.9 Å². The van der Waals surface area contributed by atoms with Gasteiger partial charge in [0.1, 0.15) is 6.26 Å². The van der Waals surface area contributed by atoms with E-state index in [2.05, 4.69) is 20.0 Å². The summed E-state index contributed by atoms with van der Waals surface area (Å²) in [5.41, 5.74) is 1.46. The van der Waals surface area contributed by atoms with E-state index in [1.54, 1.807) is 6.07 Å². The molecule has 0 saturated heterocycles. The van der Waals surface area contributed by atoms with E-state index in [9.17, 15) is 9.59 Å². The lowest BCUT2D eigenvalue weighted by molar-refractivity contribution is -0.142. The van der Waals surface area contributed by atoms with Gasteiger partial charge >= 0.3 is 5.97 Å². The lowest BCUT2D eigenvalue weighted by atomic mass is 10.2. The van der Waals surface area contributed by atoms with Gasteiger partial charge in [-0.05, 0) is 18.2 Å². The minimum absolute atomic E-state index is 0.256. The fourth-order valence-corrected chi connectivity index (χ4v) is 1.97. The van der Waals surface area contributed by atoms with Gasteiger partial charge in [-0.1, -0.05) is 29.4 Å². The summed E-state index contributed by atoms with van der Waals surface area (Å²) in [6.07, 6.45) is 4.08. The second-order valence-electron chi connectivity index (χ2n) is 4.80. The van der Waals surface area contributed by atoms with Gasteiger partial charge < -0.3 is 14.6 Å². The van der Waals surface area contributed by atoms with Gasteiger partial charge in [-0.3, -0.25) is 4.79 Å². The Morgan fingerprint density at radius 2 is 2.04 bits per heavy atom. The largest absolute Gasteiger partial charge is 0.452 e. The first-order valence-corrected chi connectivity index (χ1v) is 7.11. The zero-order valence-corrected chi connectivity index (χ0v) is 12.5. The van der Waals surface area contributed by atoms with Crippen LogP contribution in [0, 0.1) is 0 Å². The molecule has 1 amide bonds. The predicted octanol–water partition coefficient (Wildman–Crippen LogP) is 2.42. The Kier molecular flexibility index (Phi) is 4.62. The molecule has 0 radical (unpaired) electrons. The Morgan fingerprint density at radius 3 is 2.88 bits per heavy atom. The molecule has 0 atom stereocenters. The lowest BCUT2D eigenvalue weighted by Gasteiger charge is -2.02. The van der Waals surface area contributed by atoms with Crippen LogP contribution < -0.4 is 5.32 Å². The number of hydrogen-bond acceptors (Lipinski definition) is 6. The van der Waals surface area contributed by atoms with Crippen LogP contribution in [0.1, 0.15) is 5.69 Å². The number of aromatic nitrogens is 2. The van der Waals surface area contributed by atoms with Gasteiger partial charge in [-0.25, -0.2) is 9.78 Å². The molecule has 120 valence electrons. The molecule has 24 heavy (non-hydrogen) atoms. The van der Waals surface area contributed by atoms with Crippen LogP contribution in [0.3, 0.4) is 0 Å². The standard InChI is InChI=1S/C17H13N3O4/c21-16(19-15-9-10-24-20-15)11-23-17(22)8-7-13-6-5-12-3-1-2-4-14(12)18-13/h1-10H,11H2,(H,19,20,21)/b8-7+. The molecule has 0 unspecified atom stereocenters. The van der Waals surface area contributed by atoms with E-state index in [-0.39, 0.29) is 5.82 Å². The molecule has 0 saturated carbocycles. The average molecular weight is 323 g/mol. The Bertz CT molecular complexity index is 888. The number of amides is 1. The quantitative estimate of drug-likeness (QED) is 0.572. The summed E-state index contributed by atoms with van der Waals surface area (Å²) in [5.74, 6) is -0.887. The number of carbonyl (C=O) groups is 2. The molecule has 0 fully saturated rings. The number of carbonyl (C=O) groups excluding carboxylic acids is 2. The molecular weight excluding hydrogens is 310 g/mol. The van der Waals surface area contributed by atoms with E-state index >= 15 is 0 Å². The molecule has 3 rings (SSSR count). The molecule has 0 spiro atoms. The van der Waals surface area contributed by atoms with Crippen molar-refractivity contribution in [2.24, 2.45) is 0 Å². The van der Waals surface area contributed by atoms with Crippen molar-refractivity contribution >= 4 is 34.7 Å². The maximum absolute atomic E-state index is 11.6. The molecule has 0 aliphatic rings. The minimum Gasteiger partial charge on any atom is -0.452 e. The first-order valence-electron chi connectivity index (χ1n) is 7.11. The van der Waals surface area contributed by atoms with Crippen LogP contribution in [0.2, 0.25) is 0 Å². The third-order valence-corrected chi connectivity index (χ3v) is 3.06.